The van der Waals surface area contributed by atoms with Crippen molar-refractivity contribution < 1.29 is 4.74 Å². The highest BCUT2D eigenvalue weighted by Crippen LogP contribution is 2.44. The van der Waals surface area contributed by atoms with E-state index in [9.17, 15) is 0 Å². The molecule has 1 spiro atoms. The molecule has 2 N–H and O–H groups in total. The quantitative estimate of drug-likeness (QED) is 0.557. The van der Waals surface area contributed by atoms with Gasteiger partial charge in [-0.2, -0.15) is 0 Å². The van der Waals surface area contributed by atoms with E-state index in [-0.39, 0.29) is 18.2 Å². The van der Waals surface area contributed by atoms with E-state index < -0.39 is 0 Å². The van der Waals surface area contributed by atoms with Gasteiger partial charge in [0.15, 0.2) is 0 Å². The third-order valence-electron chi connectivity index (χ3n) is 8.71. The van der Waals surface area contributed by atoms with Crippen LogP contribution < -0.4 is 15.8 Å². The summed E-state index contributed by atoms with van der Waals surface area (Å²) >= 11 is 12.7. The highest BCUT2D eigenvalue weighted by Gasteiger charge is 2.52. The minimum Gasteiger partial charge on any atom is -0.370 e. The number of hydrogen-bond acceptors (Lipinski definition) is 7. The average Bonchev–Trinajstić information content (AvgIpc) is 3.20. The van der Waals surface area contributed by atoms with Crippen molar-refractivity contribution in [1.29, 1.82) is 0 Å². The predicted molar refractivity (Wildman–Crippen MR) is 143 cm³/mol. The van der Waals surface area contributed by atoms with Gasteiger partial charge in [-0.25, -0.2) is 10.4 Å². The van der Waals surface area contributed by atoms with Crippen LogP contribution in [0.1, 0.15) is 63.3 Å². The zero-order valence-corrected chi connectivity index (χ0v) is 22.8. The van der Waals surface area contributed by atoms with Gasteiger partial charge in [0.2, 0.25) is 0 Å². The van der Waals surface area contributed by atoms with Crippen LogP contribution in [-0.2, 0) is 4.74 Å². The number of aromatic nitrogens is 2. The maximum Gasteiger partial charge on any atom is 0.128 e. The topological polar surface area (TPSA) is 65.5 Å². The number of ether oxygens (including phenoxy) is 1. The molecule has 0 amide bonds. The first-order valence-electron chi connectivity index (χ1n) is 13.2. The third-order valence-corrected chi connectivity index (χ3v) is 9.31. The third kappa shape index (κ3) is 4.52. The van der Waals surface area contributed by atoms with Crippen molar-refractivity contribution in [1.82, 2.24) is 25.7 Å². The molecule has 1 saturated carbocycles. The minimum absolute atomic E-state index is 0.156. The molecule has 194 valence electrons. The first-order valence-corrected chi connectivity index (χ1v) is 14.0. The van der Waals surface area contributed by atoms with E-state index in [1.54, 1.807) is 12.4 Å². The Morgan fingerprint density at radius 3 is 2.42 bits per heavy atom. The summed E-state index contributed by atoms with van der Waals surface area (Å²) in [4.78, 5) is 13.9. The molecule has 0 aromatic carbocycles. The second-order valence-electron chi connectivity index (χ2n) is 11.6. The lowest BCUT2D eigenvalue weighted by Gasteiger charge is -2.61. The molecule has 2 aromatic rings. The second-order valence-corrected chi connectivity index (χ2v) is 12.4. The van der Waals surface area contributed by atoms with Crippen LogP contribution in [0, 0.1) is 11.3 Å². The highest BCUT2D eigenvalue weighted by molar-refractivity contribution is 6.35. The molecule has 7 nitrogen and oxygen atoms in total. The highest BCUT2D eigenvalue weighted by atomic mass is 35.5. The Labute approximate surface area is 223 Å². The fourth-order valence-corrected chi connectivity index (χ4v) is 7.38. The van der Waals surface area contributed by atoms with Crippen LogP contribution in [0.15, 0.2) is 30.7 Å². The molecule has 5 heterocycles. The molecule has 3 aliphatic heterocycles. The van der Waals surface area contributed by atoms with Gasteiger partial charge in [0.05, 0.1) is 28.3 Å². The maximum atomic E-state index is 6.48. The minimum atomic E-state index is -0.181. The summed E-state index contributed by atoms with van der Waals surface area (Å²) in [6.07, 6.45) is 8.35. The van der Waals surface area contributed by atoms with Crippen LogP contribution in [-0.4, -0.2) is 59.2 Å². The molecule has 1 aliphatic carbocycles. The van der Waals surface area contributed by atoms with Crippen molar-refractivity contribution >= 4 is 29.0 Å². The number of anilines is 1. The number of nitrogens with one attached hydrogen (secondary N) is 2. The van der Waals surface area contributed by atoms with E-state index in [1.807, 2.05) is 6.92 Å². The molecule has 4 unspecified atom stereocenters. The monoisotopic (exact) mass is 530 g/mol. The van der Waals surface area contributed by atoms with Crippen LogP contribution in [0.2, 0.25) is 10.0 Å². The maximum absolute atomic E-state index is 6.48. The number of fused-ring (bicyclic) bond motifs is 1. The van der Waals surface area contributed by atoms with Crippen LogP contribution in [0.4, 0.5) is 5.82 Å². The van der Waals surface area contributed by atoms with Crippen LogP contribution in [0.25, 0.3) is 0 Å². The van der Waals surface area contributed by atoms with E-state index >= 15 is 0 Å². The zero-order chi connectivity index (χ0) is 25.0. The Morgan fingerprint density at radius 2 is 1.75 bits per heavy atom. The Morgan fingerprint density at radius 1 is 1.00 bits per heavy atom. The molecule has 4 aliphatic rings. The zero-order valence-electron chi connectivity index (χ0n) is 21.3. The molecule has 2 aromatic heterocycles. The molecule has 0 bridgehead atoms. The standard InChI is InChI=1S/C27H36Cl2N6O/c1-16(2)34-12-27(13-34)14-35(15-27)24-7-4-18(9-31-24)26-20-8-19(5-6-23(20)32-33-26)36-17(3)25-21(28)10-30-11-22(25)29/h4,7,9-11,16-17,19-20,23,26,32-33H,5-6,8,12-15H2,1-3H3/t17-,19?,20?,23?,26?/m1/s1. The number of pyridine rings is 2. The van der Waals surface area contributed by atoms with Gasteiger partial charge in [-0.15, -0.1) is 0 Å². The van der Waals surface area contributed by atoms with Gasteiger partial charge in [-0.05, 0) is 57.6 Å². The Hall–Kier alpha value is -1.48. The number of nitrogens with zero attached hydrogens (tertiary/aromatic N) is 4. The Balaban J connectivity index is 1.07. The van der Waals surface area contributed by atoms with Gasteiger partial charge in [0.1, 0.15) is 5.82 Å². The lowest BCUT2D eigenvalue weighted by atomic mass is 9.72. The molecular weight excluding hydrogens is 495 g/mol. The summed E-state index contributed by atoms with van der Waals surface area (Å²) in [7, 11) is 0. The first-order chi connectivity index (χ1) is 17.3. The van der Waals surface area contributed by atoms with Gasteiger partial charge in [0.25, 0.3) is 0 Å². The summed E-state index contributed by atoms with van der Waals surface area (Å²) < 4.78 is 6.48. The van der Waals surface area contributed by atoms with Crippen LogP contribution in [0.5, 0.6) is 0 Å². The number of halogens is 2. The molecule has 4 fully saturated rings. The smallest absolute Gasteiger partial charge is 0.128 e. The fraction of sp³-hybridized carbons (Fsp3) is 0.630. The lowest BCUT2D eigenvalue weighted by molar-refractivity contribution is -0.0414. The fourth-order valence-electron chi connectivity index (χ4n) is 6.71. The molecule has 0 radical (unpaired) electrons. The second kappa shape index (κ2) is 9.68. The molecule has 5 atom stereocenters. The van der Waals surface area contributed by atoms with E-state index in [2.05, 4.69) is 57.8 Å². The van der Waals surface area contributed by atoms with Gasteiger partial charge < -0.3 is 9.64 Å². The van der Waals surface area contributed by atoms with Crippen molar-refractivity contribution in [2.75, 3.05) is 31.1 Å². The van der Waals surface area contributed by atoms with Crippen molar-refractivity contribution in [3.8, 4) is 0 Å². The lowest BCUT2D eigenvalue weighted by Crippen LogP contribution is -2.73. The molecule has 3 saturated heterocycles. The van der Waals surface area contributed by atoms with Crippen molar-refractivity contribution in [2.45, 2.75) is 70.4 Å². The normalized spacial score (nSPS) is 30.2. The van der Waals surface area contributed by atoms with E-state index in [4.69, 9.17) is 32.9 Å². The van der Waals surface area contributed by atoms with Gasteiger partial charge in [0, 0.05) is 67.8 Å². The summed E-state index contributed by atoms with van der Waals surface area (Å²) in [5.41, 5.74) is 9.63. The Bertz CT molecular complexity index is 1060. The molecule has 36 heavy (non-hydrogen) atoms. The number of likely N-dealkylation sites (tertiary alicyclic amines) is 1. The summed E-state index contributed by atoms with van der Waals surface area (Å²) in [5, 5.41) is 1.11. The van der Waals surface area contributed by atoms with Crippen LogP contribution in [0.3, 0.4) is 0 Å². The SMILES string of the molecule is CC(C)N1CC2(CN(c3ccc(C4NNC5CCC(O[C@H](C)c6c(Cl)cncc6Cl)CC54)cn3)C2)C1. The number of rotatable bonds is 6. The molecular formula is C27H36Cl2N6O. The predicted octanol–water partition coefficient (Wildman–Crippen LogP) is 4.78. The van der Waals surface area contributed by atoms with E-state index in [1.165, 1.54) is 18.7 Å². The van der Waals surface area contributed by atoms with E-state index in [0.717, 1.165) is 43.7 Å². The summed E-state index contributed by atoms with van der Waals surface area (Å²) in [6.45, 7) is 11.3. The first kappa shape index (κ1) is 24.8. The Kier molecular flexibility index (Phi) is 6.68. The van der Waals surface area contributed by atoms with Gasteiger partial charge in [-0.1, -0.05) is 29.3 Å². The average molecular weight is 532 g/mol. The number of hydrogen-bond donors (Lipinski definition) is 2. The van der Waals surface area contributed by atoms with Gasteiger partial charge in [-0.3, -0.25) is 15.3 Å². The van der Waals surface area contributed by atoms with Gasteiger partial charge >= 0.3 is 0 Å². The summed E-state index contributed by atoms with van der Waals surface area (Å²) in [5.74, 6) is 1.54. The molecule has 6 rings (SSSR count). The largest absolute Gasteiger partial charge is 0.370 e. The molecule has 9 heteroatoms. The summed E-state index contributed by atoms with van der Waals surface area (Å²) in [6, 6.07) is 5.76. The number of hydrazine groups is 1. The van der Waals surface area contributed by atoms with Crippen LogP contribution >= 0.6 is 23.2 Å². The van der Waals surface area contributed by atoms with Crippen molar-refractivity contribution in [3.05, 3.63) is 51.9 Å². The van der Waals surface area contributed by atoms with Crippen molar-refractivity contribution in [2.24, 2.45) is 11.3 Å². The van der Waals surface area contributed by atoms with Crippen molar-refractivity contribution in [3.63, 3.8) is 0 Å². The van der Waals surface area contributed by atoms with E-state index in [0.29, 0.717) is 33.5 Å².